The van der Waals surface area contributed by atoms with Crippen LogP contribution < -0.4 is 11.1 Å². The predicted molar refractivity (Wildman–Crippen MR) is 73.3 cm³/mol. The van der Waals surface area contributed by atoms with Gasteiger partial charge in [0.15, 0.2) is 0 Å². The van der Waals surface area contributed by atoms with Gasteiger partial charge in [0.1, 0.15) is 0 Å². The molecule has 19 heavy (non-hydrogen) atoms. The van der Waals surface area contributed by atoms with Gasteiger partial charge in [0.05, 0.1) is 11.3 Å². The Morgan fingerprint density at radius 1 is 1.05 bits per heavy atom. The van der Waals surface area contributed by atoms with Gasteiger partial charge in [-0.3, -0.25) is 0 Å². The molecule has 2 aromatic carbocycles. The molecule has 100 valence electrons. The predicted octanol–water partition coefficient (Wildman–Crippen LogP) is 4.79. The largest absolute Gasteiger partial charge is 0.416 e. The van der Waals surface area contributed by atoms with Crippen molar-refractivity contribution in [2.24, 2.45) is 0 Å². The average Bonchev–Trinajstić information content (AvgIpc) is 2.32. The van der Waals surface area contributed by atoms with E-state index in [1.165, 1.54) is 6.07 Å². The third-order valence-corrected chi connectivity index (χ3v) is 3.12. The number of nitrogens with two attached hydrogens (primary N) is 1. The summed E-state index contributed by atoms with van der Waals surface area (Å²) in [6, 6.07) is 10.1. The SMILES string of the molecule is Nc1ccc(Nc2cccc(C(F)(F)F)c2)c(Br)c1. The van der Waals surface area contributed by atoms with E-state index in [9.17, 15) is 13.2 Å². The molecule has 0 unspecified atom stereocenters. The first-order chi connectivity index (χ1) is 8.86. The van der Waals surface area contributed by atoms with Gasteiger partial charge in [-0.1, -0.05) is 6.07 Å². The normalized spacial score (nSPS) is 11.4. The molecule has 0 radical (unpaired) electrons. The van der Waals surface area contributed by atoms with Crippen molar-refractivity contribution in [1.29, 1.82) is 0 Å². The summed E-state index contributed by atoms with van der Waals surface area (Å²) in [4.78, 5) is 0. The molecule has 0 heterocycles. The molecular formula is C13H10BrF3N2. The molecule has 2 aromatic rings. The molecule has 0 amide bonds. The summed E-state index contributed by atoms with van der Waals surface area (Å²) in [6.07, 6.45) is -4.35. The van der Waals surface area contributed by atoms with Crippen LogP contribution in [0.4, 0.5) is 30.2 Å². The number of nitrogen functional groups attached to an aromatic ring is 1. The van der Waals surface area contributed by atoms with E-state index in [4.69, 9.17) is 5.73 Å². The van der Waals surface area contributed by atoms with Crippen LogP contribution in [0.5, 0.6) is 0 Å². The third kappa shape index (κ3) is 3.41. The first-order valence-electron chi connectivity index (χ1n) is 5.35. The van der Waals surface area contributed by atoms with Crippen molar-refractivity contribution in [2.45, 2.75) is 6.18 Å². The maximum atomic E-state index is 12.6. The van der Waals surface area contributed by atoms with Crippen LogP contribution in [-0.2, 0) is 6.18 Å². The van der Waals surface area contributed by atoms with Crippen LogP contribution in [-0.4, -0.2) is 0 Å². The Morgan fingerprint density at radius 3 is 2.42 bits per heavy atom. The molecule has 0 atom stereocenters. The lowest BCUT2D eigenvalue weighted by Gasteiger charge is -2.12. The lowest BCUT2D eigenvalue weighted by molar-refractivity contribution is -0.137. The summed E-state index contributed by atoms with van der Waals surface area (Å²) in [7, 11) is 0. The molecule has 2 rings (SSSR count). The minimum atomic E-state index is -4.35. The number of nitrogens with one attached hydrogen (secondary N) is 1. The van der Waals surface area contributed by atoms with Crippen LogP contribution in [0.2, 0.25) is 0 Å². The number of alkyl halides is 3. The van der Waals surface area contributed by atoms with Crippen molar-refractivity contribution < 1.29 is 13.2 Å². The molecule has 0 aromatic heterocycles. The molecule has 0 saturated carbocycles. The van der Waals surface area contributed by atoms with E-state index in [0.29, 0.717) is 21.5 Å². The van der Waals surface area contributed by atoms with Crippen molar-refractivity contribution in [2.75, 3.05) is 11.1 Å². The monoisotopic (exact) mass is 330 g/mol. The molecule has 6 heteroatoms. The second-order valence-corrected chi connectivity index (χ2v) is 4.80. The zero-order valence-corrected chi connectivity index (χ0v) is 11.2. The third-order valence-electron chi connectivity index (χ3n) is 2.46. The first kappa shape index (κ1) is 13.7. The van der Waals surface area contributed by atoms with Crippen molar-refractivity contribution in [3.63, 3.8) is 0 Å². The van der Waals surface area contributed by atoms with Crippen LogP contribution in [0.25, 0.3) is 0 Å². The Hall–Kier alpha value is -1.69. The second-order valence-electron chi connectivity index (χ2n) is 3.94. The number of benzene rings is 2. The van der Waals surface area contributed by atoms with Gasteiger partial charge in [-0.05, 0) is 52.3 Å². The highest BCUT2D eigenvalue weighted by molar-refractivity contribution is 9.10. The maximum absolute atomic E-state index is 12.6. The van der Waals surface area contributed by atoms with Gasteiger partial charge in [0.25, 0.3) is 0 Å². The van der Waals surface area contributed by atoms with Gasteiger partial charge in [-0.25, -0.2) is 0 Å². The lowest BCUT2D eigenvalue weighted by Crippen LogP contribution is -2.05. The summed E-state index contributed by atoms with van der Waals surface area (Å²) in [5.41, 5.74) is 6.48. The summed E-state index contributed by atoms with van der Waals surface area (Å²) in [5.74, 6) is 0. The smallest absolute Gasteiger partial charge is 0.399 e. The van der Waals surface area contributed by atoms with Crippen LogP contribution in [0, 0.1) is 0 Å². The Labute approximate surface area is 116 Å². The van der Waals surface area contributed by atoms with Crippen molar-refractivity contribution >= 4 is 33.0 Å². The average molecular weight is 331 g/mol. The van der Waals surface area contributed by atoms with Gasteiger partial charge < -0.3 is 11.1 Å². The fourth-order valence-corrected chi connectivity index (χ4v) is 2.06. The molecule has 0 fully saturated rings. The molecule has 0 aliphatic heterocycles. The number of halogens is 4. The van der Waals surface area contributed by atoms with Crippen LogP contribution >= 0.6 is 15.9 Å². The van der Waals surface area contributed by atoms with E-state index in [1.807, 2.05) is 0 Å². The maximum Gasteiger partial charge on any atom is 0.416 e. The summed E-state index contributed by atoms with van der Waals surface area (Å²) < 4.78 is 38.4. The molecule has 0 aliphatic carbocycles. The Morgan fingerprint density at radius 2 is 1.79 bits per heavy atom. The Bertz CT molecular complexity index is 597. The molecule has 0 saturated heterocycles. The lowest BCUT2D eigenvalue weighted by atomic mass is 10.2. The second kappa shape index (κ2) is 5.13. The van der Waals surface area contributed by atoms with Gasteiger partial charge >= 0.3 is 6.18 Å². The highest BCUT2D eigenvalue weighted by Gasteiger charge is 2.30. The van der Waals surface area contributed by atoms with Gasteiger partial charge in [-0.2, -0.15) is 13.2 Å². The first-order valence-corrected chi connectivity index (χ1v) is 6.15. The summed E-state index contributed by atoms with van der Waals surface area (Å²) in [6.45, 7) is 0. The zero-order valence-electron chi connectivity index (χ0n) is 9.63. The fraction of sp³-hybridized carbons (Fsp3) is 0.0769. The van der Waals surface area contributed by atoms with E-state index in [-0.39, 0.29) is 0 Å². The van der Waals surface area contributed by atoms with Crippen LogP contribution in [0.3, 0.4) is 0 Å². The van der Waals surface area contributed by atoms with E-state index >= 15 is 0 Å². The van der Waals surface area contributed by atoms with E-state index in [1.54, 1.807) is 24.3 Å². The highest BCUT2D eigenvalue weighted by Crippen LogP contribution is 2.33. The van der Waals surface area contributed by atoms with Crippen LogP contribution in [0.15, 0.2) is 46.9 Å². The van der Waals surface area contributed by atoms with E-state index in [0.717, 1.165) is 12.1 Å². The van der Waals surface area contributed by atoms with E-state index < -0.39 is 11.7 Å². The number of hydrogen-bond acceptors (Lipinski definition) is 2. The van der Waals surface area contributed by atoms with Crippen molar-refractivity contribution in [1.82, 2.24) is 0 Å². The standard InChI is InChI=1S/C13H10BrF3N2/c14-11-7-9(18)4-5-12(11)19-10-3-1-2-8(6-10)13(15,16)17/h1-7,19H,18H2. The Balaban J connectivity index is 2.29. The topological polar surface area (TPSA) is 38.0 Å². The number of hydrogen-bond donors (Lipinski definition) is 2. The van der Waals surface area contributed by atoms with Crippen molar-refractivity contribution in [3.05, 3.63) is 52.5 Å². The molecule has 3 N–H and O–H groups in total. The van der Waals surface area contributed by atoms with E-state index in [2.05, 4.69) is 21.2 Å². The highest BCUT2D eigenvalue weighted by atomic mass is 79.9. The quantitative estimate of drug-likeness (QED) is 0.776. The molecule has 2 nitrogen and oxygen atoms in total. The summed E-state index contributed by atoms with van der Waals surface area (Å²) in [5, 5.41) is 2.91. The molecule has 0 aliphatic rings. The number of anilines is 3. The zero-order chi connectivity index (χ0) is 14.0. The minimum absolute atomic E-state index is 0.361. The molecule has 0 spiro atoms. The summed E-state index contributed by atoms with van der Waals surface area (Å²) >= 11 is 3.30. The van der Waals surface area contributed by atoms with Gasteiger partial charge in [0.2, 0.25) is 0 Å². The Kier molecular flexibility index (Phi) is 3.71. The van der Waals surface area contributed by atoms with Crippen LogP contribution in [0.1, 0.15) is 5.56 Å². The fourth-order valence-electron chi connectivity index (χ4n) is 1.56. The minimum Gasteiger partial charge on any atom is -0.399 e. The number of rotatable bonds is 2. The van der Waals surface area contributed by atoms with Crippen molar-refractivity contribution in [3.8, 4) is 0 Å². The van der Waals surface area contributed by atoms with Gasteiger partial charge in [0, 0.05) is 15.8 Å². The molecule has 0 bridgehead atoms. The molecular weight excluding hydrogens is 321 g/mol. The van der Waals surface area contributed by atoms with Gasteiger partial charge in [-0.15, -0.1) is 0 Å².